The summed E-state index contributed by atoms with van der Waals surface area (Å²) in [5.74, 6) is 0.184. The van der Waals surface area contributed by atoms with Gasteiger partial charge in [0.2, 0.25) is 5.91 Å². The molecule has 0 saturated heterocycles. The van der Waals surface area contributed by atoms with Crippen LogP contribution >= 0.6 is 0 Å². The van der Waals surface area contributed by atoms with Gasteiger partial charge in [-0.05, 0) is 38.1 Å². The zero-order valence-electron chi connectivity index (χ0n) is 13.7. The van der Waals surface area contributed by atoms with E-state index < -0.39 is 0 Å². The standard InChI is InChI=1S/C19H19N3O2/c1-14(2)22(15-8-4-3-5-9-15)19(24)12-21-17-11-7-6-10-16(17)20-18(21)13-23/h3-11,13-14H,12H2,1-2H3. The van der Waals surface area contributed by atoms with Crippen molar-refractivity contribution in [3.63, 3.8) is 0 Å². The average Bonchev–Trinajstić information content (AvgIpc) is 2.93. The van der Waals surface area contributed by atoms with Crippen molar-refractivity contribution in [1.82, 2.24) is 9.55 Å². The van der Waals surface area contributed by atoms with E-state index in [0.29, 0.717) is 11.8 Å². The van der Waals surface area contributed by atoms with Crippen molar-refractivity contribution in [2.24, 2.45) is 0 Å². The summed E-state index contributed by atoms with van der Waals surface area (Å²) in [6.07, 6.45) is 0.690. The maximum atomic E-state index is 12.9. The average molecular weight is 321 g/mol. The Morgan fingerprint density at radius 2 is 1.79 bits per heavy atom. The highest BCUT2D eigenvalue weighted by Gasteiger charge is 2.21. The van der Waals surface area contributed by atoms with E-state index in [0.717, 1.165) is 11.2 Å². The lowest BCUT2D eigenvalue weighted by atomic mass is 10.2. The van der Waals surface area contributed by atoms with Gasteiger partial charge in [0.05, 0.1) is 11.0 Å². The number of carbonyl (C=O) groups is 2. The zero-order chi connectivity index (χ0) is 17.1. The van der Waals surface area contributed by atoms with Gasteiger partial charge in [-0.1, -0.05) is 30.3 Å². The first-order chi connectivity index (χ1) is 11.6. The first-order valence-corrected chi connectivity index (χ1v) is 7.89. The molecule has 5 heteroatoms. The molecular weight excluding hydrogens is 302 g/mol. The molecule has 0 aliphatic rings. The molecule has 24 heavy (non-hydrogen) atoms. The van der Waals surface area contributed by atoms with E-state index in [1.807, 2.05) is 68.4 Å². The fourth-order valence-corrected chi connectivity index (χ4v) is 2.88. The predicted molar refractivity (Wildman–Crippen MR) is 94.2 cm³/mol. The zero-order valence-corrected chi connectivity index (χ0v) is 13.7. The van der Waals surface area contributed by atoms with Gasteiger partial charge >= 0.3 is 0 Å². The number of benzene rings is 2. The molecular formula is C19H19N3O2. The molecule has 1 heterocycles. The molecule has 122 valence electrons. The van der Waals surface area contributed by atoms with Gasteiger partial charge in [0.15, 0.2) is 12.1 Å². The van der Waals surface area contributed by atoms with Crippen LogP contribution in [0.5, 0.6) is 0 Å². The molecule has 2 aromatic carbocycles. The normalized spacial score (nSPS) is 11.0. The highest BCUT2D eigenvalue weighted by molar-refractivity contribution is 5.95. The van der Waals surface area contributed by atoms with Gasteiger partial charge in [0.1, 0.15) is 6.54 Å². The van der Waals surface area contributed by atoms with Crippen LogP contribution in [-0.4, -0.2) is 27.8 Å². The summed E-state index contributed by atoms with van der Waals surface area (Å²) in [6.45, 7) is 4.01. The minimum Gasteiger partial charge on any atom is -0.312 e. The van der Waals surface area contributed by atoms with E-state index in [4.69, 9.17) is 0 Å². The second-order valence-electron chi connectivity index (χ2n) is 5.86. The van der Waals surface area contributed by atoms with Crippen molar-refractivity contribution >= 4 is 28.9 Å². The number of anilines is 1. The molecule has 0 unspecified atom stereocenters. The molecule has 1 aromatic heterocycles. The second kappa shape index (κ2) is 6.66. The summed E-state index contributed by atoms with van der Waals surface area (Å²) in [6, 6.07) is 17.0. The minimum absolute atomic E-state index is 0.00867. The summed E-state index contributed by atoms with van der Waals surface area (Å²) < 4.78 is 1.67. The number of rotatable bonds is 5. The van der Waals surface area contributed by atoms with Crippen LogP contribution in [-0.2, 0) is 11.3 Å². The third-order valence-electron chi connectivity index (χ3n) is 3.90. The number of imidazole rings is 1. The minimum atomic E-state index is -0.0811. The van der Waals surface area contributed by atoms with Gasteiger partial charge < -0.3 is 9.47 Å². The Morgan fingerprint density at radius 1 is 1.12 bits per heavy atom. The summed E-state index contributed by atoms with van der Waals surface area (Å²) in [4.78, 5) is 30.3. The van der Waals surface area contributed by atoms with E-state index in [9.17, 15) is 9.59 Å². The number of hydrogen-bond donors (Lipinski definition) is 0. The molecule has 0 fully saturated rings. The van der Waals surface area contributed by atoms with Gasteiger partial charge in [-0.25, -0.2) is 4.98 Å². The molecule has 0 radical (unpaired) electrons. The monoisotopic (exact) mass is 321 g/mol. The maximum absolute atomic E-state index is 12.9. The highest BCUT2D eigenvalue weighted by atomic mass is 16.2. The molecule has 0 saturated carbocycles. The SMILES string of the molecule is CC(C)N(C(=O)Cn1c(C=O)nc2ccccc21)c1ccccc1. The lowest BCUT2D eigenvalue weighted by Crippen LogP contribution is -2.39. The number of nitrogens with zero attached hydrogens (tertiary/aromatic N) is 3. The largest absolute Gasteiger partial charge is 0.312 e. The molecule has 0 spiro atoms. The van der Waals surface area contributed by atoms with Gasteiger partial charge in [0, 0.05) is 11.7 Å². The van der Waals surface area contributed by atoms with Gasteiger partial charge in [0.25, 0.3) is 0 Å². The van der Waals surface area contributed by atoms with Crippen LogP contribution in [0, 0.1) is 0 Å². The van der Waals surface area contributed by atoms with Crippen LogP contribution in [0.3, 0.4) is 0 Å². The lowest BCUT2D eigenvalue weighted by Gasteiger charge is -2.27. The van der Waals surface area contributed by atoms with Crippen molar-refractivity contribution < 1.29 is 9.59 Å². The van der Waals surface area contributed by atoms with E-state index in [1.165, 1.54) is 0 Å². The summed E-state index contributed by atoms with van der Waals surface area (Å²) in [5.41, 5.74) is 2.34. The quantitative estimate of drug-likeness (QED) is 0.678. The number of aldehydes is 1. The number of para-hydroxylation sites is 3. The molecule has 5 nitrogen and oxygen atoms in total. The third-order valence-corrected chi connectivity index (χ3v) is 3.90. The number of amides is 1. The van der Waals surface area contributed by atoms with Gasteiger partial charge in [-0.3, -0.25) is 9.59 Å². The molecule has 0 bridgehead atoms. The second-order valence-corrected chi connectivity index (χ2v) is 5.86. The van der Waals surface area contributed by atoms with Crippen molar-refractivity contribution in [3.8, 4) is 0 Å². The highest BCUT2D eigenvalue weighted by Crippen LogP contribution is 2.20. The van der Waals surface area contributed by atoms with Crippen molar-refractivity contribution in [2.75, 3.05) is 4.90 Å². The first-order valence-electron chi connectivity index (χ1n) is 7.89. The maximum Gasteiger partial charge on any atom is 0.247 e. The van der Waals surface area contributed by atoms with Crippen LogP contribution in [0.25, 0.3) is 11.0 Å². The van der Waals surface area contributed by atoms with Crippen molar-refractivity contribution in [3.05, 3.63) is 60.4 Å². The molecule has 3 aromatic rings. The van der Waals surface area contributed by atoms with E-state index in [2.05, 4.69) is 4.98 Å². The van der Waals surface area contributed by atoms with E-state index >= 15 is 0 Å². The van der Waals surface area contributed by atoms with E-state index in [1.54, 1.807) is 9.47 Å². The Labute approximate surface area is 140 Å². The van der Waals surface area contributed by atoms with Crippen LogP contribution < -0.4 is 4.90 Å². The van der Waals surface area contributed by atoms with Gasteiger partial charge in [-0.15, -0.1) is 0 Å². The van der Waals surface area contributed by atoms with Crippen LogP contribution in [0.4, 0.5) is 5.69 Å². The van der Waals surface area contributed by atoms with Crippen LogP contribution in [0.15, 0.2) is 54.6 Å². The summed E-state index contributed by atoms with van der Waals surface area (Å²) in [7, 11) is 0. The summed E-state index contributed by atoms with van der Waals surface area (Å²) in [5, 5.41) is 0. The van der Waals surface area contributed by atoms with Crippen LogP contribution in [0.2, 0.25) is 0 Å². The molecule has 0 N–H and O–H groups in total. The Bertz CT molecular complexity index is 869. The Balaban J connectivity index is 1.98. The molecule has 0 atom stereocenters. The Kier molecular flexibility index (Phi) is 4.42. The van der Waals surface area contributed by atoms with E-state index in [-0.39, 0.29) is 24.3 Å². The topological polar surface area (TPSA) is 55.2 Å². The molecule has 0 aliphatic heterocycles. The summed E-state index contributed by atoms with van der Waals surface area (Å²) >= 11 is 0. The first kappa shape index (κ1) is 15.9. The smallest absolute Gasteiger partial charge is 0.247 e. The Morgan fingerprint density at radius 3 is 2.46 bits per heavy atom. The lowest BCUT2D eigenvalue weighted by molar-refractivity contribution is -0.119. The molecule has 1 amide bonds. The van der Waals surface area contributed by atoms with Crippen LogP contribution in [0.1, 0.15) is 24.5 Å². The third kappa shape index (κ3) is 2.93. The fraction of sp³-hybridized carbons (Fsp3) is 0.211. The van der Waals surface area contributed by atoms with Gasteiger partial charge in [-0.2, -0.15) is 0 Å². The Hall–Kier alpha value is -2.95. The number of hydrogen-bond acceptors (Lipinski definition) is 3. The number of fused-ring (bicyclic) bond motifs is 1. The fourth-order valence-electron chi connectivity index (χ4n) is 2.88. The molecule has 0 aliphatic carbocycles. The van der Waals surface area contributed by atoms with Crippen molar-refractivity contribution in [1.29, 1.82) is 0 Å². The number of aromatic nitrogens is 2. The predicted octanol–water partition coefficient (Wildman–Crippen LogP) is 3.29. The molecule has 3 rings (SSSR count). The van der Waals surface area contributed by atoms with Crippen molar-refractivity contribution in [2.45, 2.75) is 26.4 Å². The number of carbonyl (C=O) groups excluding carboxylic acids is 2.